The first-order valence-electron chi connectivity index (χ1n) is 17.2. The number of rotatable bonds is 5. The third-order valence-electron chi connectivity index (χ3n) is 11.0. The minimum Gasteiger partial charge on any atom is -0.344 e. The van der Waals surface area contributed by atoms with E-state index in [0.717, 1.165) is 35.7 Å². The Morgan fingerprint density at radius 3 is 2.09 bits per heavy atom. The molecule has 0 spiro atoms. The SMILES string of the molecule is CCN1/C(=C/C=C2\CCCC(/C=C/C3=[N+](CC)c4ccc5cc(S)ccc5c4C3(C)C)=C2C)C(C)(C)c2c1ccc1cc(S)ccc21. The topological polar surface area (TPSA) is 6.25 Å². The molecule has 0 unspecified atom stereocenters. The van der Waals surface area contributed by atoms with Crippen molar-refractivity contribution in [1.82, 2.24) is 0 Å². The summed E-state index contributed by atoms with van der Waals surface area (Å²) in [6.07, 6.45) is 13.1. The predicted octanol–water partition coefficient (Wildman–Crippen LogP) is 11.7. The summed E-state index contributed by atoms with van der Waals surface area (Å²) in [5.41, 5.74) is 12.4. The summed E-state index contributed by atoms with van der Waals surface area (Å²) >= 11 is 9.22. The summed E-state index contributed by atoms with van der Waals surface area (Å²) < 4.78 is 2.51. The van der Waals surface area contributed by atoms with Crippen LogP contribution in [0.25, 0.3) is 21.5 Å². The van der Waals surface area contributed by atoms with Crippen molar-refractivity contribution >= 4 is 63.9 Å². The second kappa shape index (κ2) is 11.9. The molecule has 2 nitrogen and oxygen atoms in total. The number of hydrogen-bond acceptors (Lipinski definition) is 3. The first kappa shape index (κ1) is 32.1. The van der Waals surface area contributed by atoms with Gasteiger partial charge >= 0.3 is 0 Å². The van der Waals surface area contributed by atoms with E-state index in [9.17, 15) is 0 Å². The molecule has 0 radical (unpaired) electrons. The van der Waals surface area contributed by atoms with E-state index in [2.05, 4.69) is 168 Å². The highest BCUT2D eigenvalue weighted by Gasteiger charge is 2.45. The maximum Gasteiger partial charge on any atom is 0.210 e. The van der Waals surface area contributed by atoms with Crippen molar-refractivity contribution in [2.75, 3.05) is 18.0 Å². The van der Waals surface area contributed by atoms with E-state index >= 15 is 0 Å². The Kier molecular flexibility index (Phi) is 8.12. The molecule has 2 aliphatic heterocycles. The number of anilines is 1. The zero-order valence-electron chi connectivity index (χ0n) is 28.9. The Labute approximate surface area is 292 Å². The molecular weight excluding hydrogens is 609 g/mol. The van der Waals surface area contributed by atoms with Crippen LogP contribution in [0.4, 0.5) is 11.4 Å². The number of hydrogen-bond donors (Lipinski definition) is 2. The third-order valence-corrected chi connectivity index (χ3v) is 11.6. The monoisotopic (exact) mass is 655 g/mol. The molecule has 0 atom stereocenters. The van der Waals surface area contributed by atoms with E-state index in [0.29, 0.717) is 0 Å². The van der Waals surface area contributed by atoms with Gasteiger partial charge in [0.2, 0.25) is 5.69 Å². The highest BCUT2D eigenvalue weighted by Crippen LogP contribution is 2.51. The molecule has 4 aromatic carbocycles. The molecule has 1 aliphatic carbocycles. The zero-order chi connectivity index (χ0) is 33.2. The average Bonchev–Trinajstić information content (AvgIpc) is 3.41. The van der Waals surface area contributed by atoms with Gasteiger partial charge in [-0.05, 0) is 140 Å². The molecule has 0 fully saturated rings. The Bertz CT molecular complexity index is 2120. The Morgan fingerprint density at radius 2 is 1.43 bits per heavy atom. The van der Waals surface area contributed by atoms with Crippen molar-refractivity contribution in [3.05, 3.63) is 119 Å². The van der Waals surface area contributed by atoms with Gasteiger partial charge in [0.15, 0.2) is 5.71 Å². The summed E-state index contributed by atoms with van der Waals surface area (Å²) in [5, 5.41) is 5.18. The van der Waals surface area contributed by atoms with Crippen LogP contribution in [0.5, 0.6) is 0 Å². The standard InChI is InChI=1S/C43H46N2S2/c1-8-44-36-21-13-30-25-32(46)17-19-34(30)40(36)42(4,5)38(44)23-15-28-11-10-12-29(27(28)3)16-24-39-43(6,7)41-35-20-18-33(47)26-31(35)14-22-37(41)45(39)9-2/h13-26H,8-12H2,1-7H3,(H-,46,47)/p+1. The fourth-order valence-corrected chi connectivity index (χ4v) is 9.10. The summed E-state index contributed by atoms with van der Waals surface area (Å²) in [6, 6.07) is 22.2. The number of benzene rings is 4. The quantitative estimate of drug-likeness (QED) is 0.160. The van der Waals surface area contributed by atoms with E-state index in [1.165, 1.54) is 78.6 Å². The molecule has 2 heterocycles. The summed E-state index contributed by atoms with van der Waals surface area (Å²) in [5.74, 6) is 0. The van der Waals surface area contributed by atoms with Crippen molar-refractivity contribution in [2.45, 2.75) is 88.3 Å². The Balaban J connectivity index is 1.24. The molecule has 0 saturated carbocycles. The van der Waals surface area contributed by atoms with Gasteiger partial charge in [-0.15, -0.1) is 25.3 Å². The van der Waals surface area contributed by atoms with Crippen LogP contribution in [0.3, 0.4) is 0 Å². The molecule has 47 heavy (non-hydrogen) atoms. The second-order valence-corrected chi connectivity index (χ2v) is 15.5. The molecule has 0 N–H and O–H groups in total. The van der Waals surface area contributed by atoms with Gasteiger partial charge in [0, 0.05) is 50.8 Å². The van der Waals surface area contributed by atoms with Crippen LogP contribution in [-0.2, 0) is 10.8 Å². The molecule has 4 heteroatoms. The van der Waals surface area contributed by atoms with Gasteiger partial charge in [0.05, 0.1) is 5.41 Å². The van der Waals surface area contributed by atoms with Crippen molar-refractivity contribution in [1.29, 1.82) is 0 Å². The number of fused-ring (bicyclic) bond motifs is 6. The van der Waals surface area contributed by atoms with Gasteiger partial charge < -0.3 is 4.90 Å². The molecule has 4 aromatic rings. The first-order valence-corrected chi connectivity index (χ1v) is 18.1. The molecule has 240 valence electrons. The maximum absolute atomic E-state index is 4.61. The van der Waals surface area contributed by atoms with Crippen LogP contribution in [0, 0.1) is 0 Å². The Morgan fingerprint density at radius 1 is 0.766 bits per heavy atom. The minimum atomic E-state index is -0.100. The third kappa shape index (κ3) is 5.14. The van der Waals surface area contributed by atoms with E-state index < -0.39 is 0 Å². The first-order chi connectivity index (χ1) is 22.5. The molecule has 0 saturated heterocycles. The highest BCUT2D eigenvalue weighted by atomic mass is 32.1. The van der Waals surface area contributed by atoms with Crippen LogP contribution in [0.1, 0.15) is 78.9 Å². The average molecular weight is 656 g/mol. The number of allylic oxidation sites excluding steroid dienone is 8. The van der Waals surface area contributed by atoms with Gasteiger partial charge in [0.1, 0.15) is 6.54 Å². The maximum atomic E-state index is 4.61. The lowest BCUT2D eigenvalue weighted by Gasteiger charge is -2.26. The Hall–Kier alpha value is -3.47. The number of thiol groups is 2. The lowest BCUT2D eigenvalue weighted by Crippen LogP contribution is -2.27. The van der Waals surface area contributed by atoms with E-state index in [4.69, 9.17) is 0 Å². The van der Waals surface area contributed by atoms with Crippen LogP contribution in [0.2, 0.25) is 0 Å². The van der Waals surface area contributed by atoms with Crippen molar-refractivity contribution in [3.63, 3.8) is 0 Å². The molecule has 0 amide bonds. The smallest absolute Gasteiger partial charge is 0.210 e. The van der Waals surface area contributed by atoms with Gasteiger partial charge in [-0.3, -0.25) is 0 Å². The highest BCUT2D eigenvalue weighted by molar-refractivity contribution is 7.80. The van der Waals surface area contributed by atoms with Crippen LogP contribution >= 0.6 is 25.3 Å². The lowest BCUT2D eigenvalue weighted by atomic mass is 9.78. The molecule has 0 bridgehead atoms. The summed E-state index contributed by atoms with van der Waals surface area (Å²) in [4.78, 5) is 4.53. The van der Waals surface area contributed by atoms with Gasteiger partial charge in [0.25, 0.3) is 0 Å². The number of likely N-dealkylation sites (N-methyl/N-ethyl adjacent to an activating group) is 1. The van der Waals surface area contributed by atoms with Gasteiger partial charge in [-0.25, -0.2) is 0 Å². The van der Waals surface area contributed by atoms with E-state index in [1.54, 1.807) is 0 Å². The van der Waals surface area contributed by atoms with Crippen LogP contribution in [0.15, 0.2) is 117 Å². The second-order valence-electron chi connectivity index (χ2n) is 14.4. The fourth-order valence-electron chi connectivity index (χ4n) is 8.67. The zero-order valence-corrected chi connectivity index (χ0v) is 30.7. The molecule has 7 rings (SSSR count). The van der Waals surface area contributed by atoms with Crippen LogP contribution in [-0.4, -0.2) is 23.4 Å². The van der Waals surface area contributed by atoms with Crippen molar-refractivity contribution in [3.8, 4) is 0 Å². The minimum absolute atomic E-state index is 0.100. The largest absolute Gasteiger partial charge is 0.344 e. The predicted molar refractivity (Wildman–Crippen MR) is 209 cm³/mol. The number of nitrogens with zero attached hydrogens (tertiary/aromatic N) is 2. The summed E-state index contributed by atoms with van der Waals surface area (Å²) in [6.45, 7) is 18.3. The molecule has 0 aromatic heterocycles. The summed E-state index contributed by atoms with van der Waals surface area (Å²) in [7, 11) is 0. The lowest BCUT2D eigenvalue weighted by molar-refractivity contribution is -0.433. The molecular formula is C43H47N2S2+. The van der Waals surface area contributed by atoms with Gasteiger partial charge in [-0.2, -0.15) is 4.58 Å². The molecule has 3 aliphatic rings. The van der Waals surface area contributed by atoms with Crippen molar-refractivity contribution in [2.24, 2.45) is 0 Å². The van der Waals surface area contributed by atoms with E-state index in [-0.39, 0.29) is 10.8 Å². The van der Waals surface area contributed by atoms with Gasteiger partial charge in [-0.1, -0.05) is 44.2 Å². The van der Waals surface area contributed by atoms with Crippen LogP contribution < -0.4 is 4.90 Å². The fraction of sp³-hybridized carbons (Fsp3) is 0.326. The van der Waals surface area contributed by atoms with E-state index in [1.807, 2.05) is 0 Å². The normalized spacial score (nSPS) is 20.5. The van der Waals surface area contributed by atoms with Crippen molar-refractivity contribution < 1.29 is 4.58 Å².